The minimum atomic E-state index is 0.0149. The van der Waals surface area contributed by atoms with Crippen LogP contribution in [0.4, 0.5) is 0 Å². The number of hydrogen-bond acceptors (Lipinski definition) is 6. The molecule has 0 aliphatic rings. The maximum absolute atomic E-state index is 11.8. The second-order valence-corrected chi connectivity index (χ2v) is 5.04. The highest BCUT2D eigenvalue weighted by Gasteiger charge is 2.16. The molecule has 2 aromatic rings. The van der Waals surface area contributed by atoms with Gasteiger partial charge < -0.3 is 14.2 Å². The van der Waals surface area contributed by atoms with E-state index >= 15 is 0 Å². The Kier molecular flexibility index (Phi) is 6.14. The van der Waals surface area contributed by atoms with Crippen LogP contribution in [-0.2, 0) is 11.3 Å². The summed E-state index contributed by atoms with van der Waals surface area (Å²) in [5, 5.41) is 10.8. The first-order valence-electron chi connectivity index (χ1n) is 7.58. The van der Waals surface area contributed by atoms with Crippen molar-refractivity contribution in [3.05, 3.63) is 24.3 Å². The van der Waals surface area contributed by atoms with E-state index in [2.05, 4.69) is 22.4 Å². The molecule has 0 spiro atoms. The molecular formula is C15H22N4O3. The SMILES string of the molecule is CCCNC(=O)CN(CCC)Cc1nnc(-c2ccco2)o1. The van der Waals surface area contributed by atoms with E-state index in [-0.39, 0.29) is 5.91 Å². The van der Waals surface area contributed by atoms with Crippen molar-refractivity contribution in [2.45, 2.75) is 33.2 Å². The normalized spacial score (nSPS) is 11.0. The molecule has 1 N–H and O–H groups in total. The van der Waals surface area contributed by atoms with Crippen LogP contribution in [0.25, 0.3) is 11.7 Å². The van der Waals surface area contributed by atoms with Crippen LogP contribution in [-0.4, -0.2) is 40.6 Å². The summed E-state index contributed by atoms with van der Waals surface area (Å²) in [6.45, 7) is 6.35. The highest BCUT2D eigenvalue weighted by atomic mass is 16.4. The molecule has 7 heteroatoms. The smallest absolute Gasteiger partial charge is 0.283 e. The monoisotopic (exact) mass is 306 g/mol. The minimum Gasteiger partial charge on any atom is -0.459 e. The number of hydrogen-bond donors (Lipinski definition) is 1. The van der Waals surface area contributed by atoms with Crippen LogP contribution in [0, 0.1) is 0 Å². The third-order valence-electron chi connectivity index (χ3n) is 3.04. The Morgan fingerprint density at radius 3 is 2.86 bits per heavy atom. The third-order valence-corrected chi connectivity index (χ3v) is 3.04. The van der Waals surface area contributed by atoms with E-state index in [1.54, 1.807) is 18.4 Å². The average Bonchev–Trinajstić information content (AvgIpc) is 3.16. The molecule has 2 rings (SSSR count). The molecule has 0 bridgehead atoms. The molecule has 0 aromatic carbocycles. The lowest BCUT2D eigenvalue weighted by Gasteiger charge is -2.18. The lowest BCUT2D eigenvalue weighted by Crippen LogP contribution is -2.37. The highest BCUT2D eigenvalue weighted by Crippen LogP contribution is 2.18. The number of carbonyl (C=O) groups is 1. The molecule has 0 radical (unpaired) electrons. The summed E-state index contributed by atoms with van der Waals surface area (Å²) in [5.41, 5.74) is 0. The predicted octanol–water partition coefficient (Wildman–Crippen LogP) is 2.07. The average molecular weight is 306 g/mol. The Hall–Kier alpha value is -2.15. The van der Waals surface area contributed by atoms with Gasteiger partial charge in [-0.1, -0.05) is 13.8 Å². The molecular weight excluding hydrogens is 284 g/mol. The number of furan rings is 1. The summed E-state index contributed by atoms with van der Waals surface area (Å²) in [6.07, 6.45) is 3.43. The van der Waals surface area contributed by atoms with Gasteiger partial charge in [0.15, 0.2) is 5.76 Å². The molecule has 2 aromatic heterocycles. The second kappa shape index (κ2) is 8.33. The zero-order valence-corrected chi connectivity index (χ0v) is 13.0. The number of nitrogens with zero attached hydrogens (tertiary/aromatic N) is 3. The molecule has 0 saturated heterocycles. The van der Waals surface area contributed by atoms with Crippen LogP contribution in [0.2, 0.25) is 0 Å². The first-order chi connectivity index (χ1) is 10.7. The van der Waals surface area contributed by atoms with Crippen molar-refractivity contribution in [1.29, 1.82) is 0 Å². The Bertz CT molecular complexity index is 565. The van der Waals surface area contributed by atoms with E-state index in [1.807, 2.05) is 11.8 Å². The van der Waals surface area contributed by atoms with Crippen LogP contribution in [0.5, 0.6) is 0 Å². The van der Waals surface area contributed by atoms with Gasteiger partial charge in [-0.2, -0.15) is 0 Å². The fourth-order valence-electron chi connectivity index (χ4n) is 2.06. The maximum atomic E-state index is 11.8. The molecule has 0 saturated carbocycles. The van der Waals surface area contributed by atoms with Gasteiger partial charge in [0.25, 0.3) is 5.89 Å². The Labute approximate surface area is 129 Å². The maximum Gasteiger partial charge on any atom is 0.283 e. The lowest BCUT2D eigenvalue weighted by atomic mass is 10.3. The Morgan fingerprint density at radius 2 is 2.18 bits per heavy atom. The van der Waals surface area contributed by atoms with Crippen LogP contribution in [0.15, 0.2) is 27.2 Å². The van der Waals surface area contributed by atoms with Gasteiger partial charge in [0, 0.05) is 6.54 Å². The third kappa shape index (κ3) is 4.70. The summed E-state index contributed by atoms with van der Waals surface area (Å²) in [5.74, 6) is 1.39. The van der Waals surface area contributed by atoms with Gasteiger partial charge >= 0.3 is 0 Å². The summed E-state index contributed by atoms with van der Waals surface area (Å²) in [4.78, 5) is 13.8. The van der Waals surface area contributed by atoms with Crippen LogP contribution in [0.3, 0.4) is 0 Å². The van der Waals surface area contributed by atoms with Gasteiger partial charge in [-0.15, -0.1) is 10.2 Å². The summed E-state index contributed by atoms with van der Waals surface area (Å²) < 4.78 is 10.8. The van der Waals surface area contributed by atoms with E-state index in [1.165, 1.54) is 0 Å². The number of nitrogens with one attached hydrogen (secondary N) is 1. The fraction of sp³-hybridized carbons (Fsp3) is 0.533. The fourth-order valence-corrected chi connectivity index (χ4v) is 2.06. The highest BCUT2D eigenvalue weighted by molar-refractivity contribution is 5.77. The molecule has 7 nitrogen and oxygen atoms in total. The molecule has 2 heterocycles. The van der Waals surface area contributed by atoms with Crippen molar-refractivity contribution < 1.29 is 13.6 Å². The van der Waals surface area contributed by atoms with E-state index in [0.29, 0.717) is 37.2 Å². The van der Waals surface area contributed by atoms with E-state index in [4.69, 9.17) is 8.83 Å². The Morgan fingerprint density at radius 1 is 1.32 bits per heavy atom. The molecule has 0 fully saturated rings. The van der Waals surface area contributed by atoms with Crippen molar-refractivity contribution >= 4 is 5.91 Å². The van der Waals surface area contributed by atoms with Gasteiger partial charge in [-0.25, -0.2) is 0 Å². The largest absolute Gasteiger partial charge is 0.459 e. The molecule has 1 amide bonds. The van der Waals surface area contributed by atoms with Gasteiger partial charge in [0.05, 0.1) is 19.4 Å². The molecule has 0 unspecified atom stereocenters. The van der Waals surface area contributed by atoms with Gasteiger partial charge in [0.2, 0.25) is 11.8 Å². The van der Waals surface area contributed by atoms with Gasteiger partial charge in [0.1, 0.15) is 0 Å². The topological polar surface area (TPSA) is 84.4 Å². The van der Waals surface area contributed by atoms with Crippen molar-refractivity contribution in [2.75, 3.05) is 19.6 Å². The first kappa shape index (κ1) is 16.2. The number of aromatic nitrogens is 2. The number of amides is 1. The number of carbonyl (C=O) groups excluding carboxylic acids is 1. The van der Waals surface area contributed by atoms with Gasteiger partial charge in [-0.05, 0) is 31.5 Å². The van der Waals surface area contributed by atoms with Crippen molar-refractivity contribution in [3.63, 3.8) is 0 Å². The molecule has 22 heavy (non-hydrogen) atoms. The van der Waals surface area contributed by atoms with Crippen LogP contribution < -0.4 is 5.32 Å². The van der Waals surface area contributed by atoms with E-state index in [9.17, 15) is 4.79 Å². The molecule has 0 aliphatic carbocycles. The van der Waals surface area contributed by atoms with E-state index < -0.39 is 0 Å². The zero-order chi connectivity index (χ0) is 15.8. The Balaban J connectivity index is 1.94. The summed E-state index contributed by atoms with van der Waals surface area (Å²) >= 11 is 0. The minimum absolute atomic E-state index is 0.0149. The van der Waals surface area contributed by atoms with Crippen molar-refractivity contribution in [1.82, 2.24) is 20.4 Å². The quantitative estimate of drug-likeness (QED) is 0.763. The van der Waals surface area contributed by atoms with E-state index in [0.717, 1.165) is 19.4 Å². The van der Waals surface area contributed by atoms with Crippen LogP contribution >= 0.6 is 0 Å². The second-order valence-electron chi connectivity index (χ2n) is 5.04. The zero-order valence-electron chi connectivity index (χ0n) is 13.0. The summed E-state index contributed by atoms with van der Waals surface area (Å²) in [6, 6.07) is 3.53. The lowest BCUT2D eigenvalue weighted by molar-refractivity contribution is -0.122. The predicted molar refractivity (Wildman–Crippen MR) is 80.9 cm³/mol. The first-order valence-corrected chi connectivity index (χ1v) is 7.58. The summed E-state index contributed by atoms with van der Waals surface area (Å²) in [7, 11) is 0. The number of rotatable bonds is 9. The van der Waals surface area contributed by atoms with Gasteiger partial charge in [-0.3, -0.25) is 9.69 Å². The molecule has 0 atom stereocenters. The molecule has 0 aliphatic heterocycles. The van der Waals surface area contributed by atoms with Crippen molar-refractivity contribution in [2.24, 2.45) is 0 Å². The van der Waals surface area contributed by atoms with Crippen molar-refractivity contribution in [3.8, 4) is 11.7 Å². The molecule has 120 valence electrons. The standard InChI is InChI=1S/C15H22N4O3/c1-3-7-16-13(20)10-19(8-4-2)11-14-17-18-15(22-14)12-6-5-9-21-12/h5-6,9H,3-4,7-8,10-11H2,1-2H3,(H,16,20). The van der Waals surface area contributed by atoms with Crippen LogP contribution in [0.1, 0.15) is 32.6 Å².